The second-order valence-electron chi connectivity index (χ2n) is 5.86. The maximum atomic E-state index is 12.7. The summed E-state index contributed by atoms with van der Waals surface area (Å²) in [4.78, 5) is 19.1. The number of nitrogen functional groups attached to an aromatic ring is 1. The van der Waals surface area contributed by atoms with Crippen molar-refractivity contribution in [1.82, 2.24) is 9.88 Å². The van der Waals surface area contributed by atoms with Crippen LogP contribution in [0.15, 0.2) is 40.2 Å². The highest BCUT2D eigenvalue weighted by Crippen LogP contribution is 2.21. The normalized spacial score (nSPS) is 17.1. The summed E-state index contributed by atoms with van der Waals surface area (Å²) in [5, 5.41) is 0. The maximum Gasteiger partial charge on any atom is 0.192 e. The number of halogens is 1. The van der Waals surface area contributed by atoms with Crippen LogP contribution in [-0.2, 0) is 0 Å². The highest BCUT2D eigenvalue weighted by Gasteiger charge is 2.16. The van der Waals surface area contributed by atoms with Crippen LogP contribution in [0.5, 0.6) is 0 Å². The van der Waals surface area contributed by atoms with Gasteiger partial charge in [0.2, 0.25) is 0 Å². The number of Topliss-reactive ketones (excluding diaryl/α,β-unsaturated/α-hetero) is 1. The fraction of sp³-hybridized carbons (Fsp3) is 0.444. The highest BCUT2D eigenvalue weighted by molar-refractivity contribution is 9.10. The van der Waals surface area contributed by atoms with Crippen LogP contribution < -0.4 is 5.73 Å². The molecule has 0 amide bonds. The molecule has 0 atom stereocenters. The van der Waals surface area contributed by atoms with Crippen molar-refractivity contribution in [2.24, 2.45) is 0 Å². The standard InChI is InChI=1S/C18H24BrN3O/c1-3-15(22-8-6-4-5-7-9-22)10-13(2)17(23)16-11-14(19)12-21-18(16)20/h3,10-12H,4-9H2,1-2H3,(H2,20,21)/b13-10+,15-3+. The van der Waals surface area contributed by atoms with E-state index in [0.717, 1.165) is 23.3 Å². The first kappa shape index (κ1) is 17.7. The summed E-state index contributed by atoms with van der Waals surface area (Å²) in [6.07, 6.45) is 10.6. The largest absolute Gasteiger partial charge is 0.383 e. The van der Waals surface area contributed by atoms with Crippen molar-refractivity contribution >= 4 is 27.5 Å². The Morgan fingerprint density at radius 3 is 2.57 bits per heavy atom. The zero-order chi connectivity index (χ0) is 16.8. The molecule has 23 heavy (non-hydrogen) atoms. The molecule has 1 aliphatic rings. The molecule has 124 valence electrons. The van der Waals surface area contributed by atoms with Gasteiger partial charge >= 0.3 is 0 Å². The molecule has 1 fully saturated rings. The van der Waals surface area contributed by atoms with Crippen molar-refractivity contribution in [2.45, 2.75) is 39.5 Å². The van der Waals surface area contributed by atoms with Gasteiger partial charge in [-0.2, -0.15) is 0 Å². The van der Waals surface area contributed by atoms with Gasteiger partial charge in [0, 0.05) is 29.5 Å². The van der Waals surface area contributed by atoms with Gasteiger partial charge < -0.3 is 10.6 Å². The Labute approximate surface area is 146 Å². The van der Waals surface area contributed by atoms with Crippen LogP contribution in [-0.4, -0.2) is 28.8 Å². The summed E-state index contributed by atoms with van der Waals surface area (Å²) < 4.78 is 0.752. The molecule has 4 nitrogen and oxygen atoms in total. The predicted octanol–water partition coefficient (Wildman–Crippen LogP) is 4.34. The molecule has 0 radical (unpaired) electrons. The molecule has 0 aliphatic carbocycles. The molecule has 1 aromatic rings. The van der Waals surface area contributed by atoms with Crippen LogP contribution in [0.3, 0.4) is 0 Å². The first-order chi connectivity index (χ1) is 11.0. The molecule has 0 saturated carbocycles. The van der Waals surface area contributed by atoms with Gasteiger partial charge in [0.15, 0.2) is 5.78 Å². The van der Waals surface area contributed by atoms with E-state index in [4.69, 9.17) is 5.73 Å². The molecular formula is C18H24BrN3O. The lowest BCUT2D eigenvalue weighted by Gasteiger charge is -2.24. The van der Waals surface area contributed by atoms with E-state index in [-0.39, 0.29) is 11.6 Å². The molecule has 0 unspecified atom stereocenters. The fourth-order valence-corrected chi connectivity index (χ4v) is 3.15. The van der Waals surface area contributed by atoms with Crippen LogP contribution in [0, 0.1) is 0 Å². The van der Waals surface area contributed by atoms with Gasteiger partial charge in [-0.3, -0.25) is 4.79 Å². The van der Waals surface area contributed by atoms with E-state index in [9.17, 15) is 4.79 Å². The van der Waals surface area contributed by atoms with Crippen LogP contribution in [0.2, 0.25) is 0 Å². The average molecular weight is 378 g/mol. The Morgan fingerprint density at radius 1 is 1.30 bits per heavy atom. The third kappa shape index (κ3) is 4.67. The Kier molecular flexibility index (Phi) is 6.39. The van der Waals surface area contributed by atoms with Gasteiger partial charge in [0.1, 0.15) is 5.82 Å². The Balaban J connectivity index is 2.22. The number of likely N-dealkylation sites (tertiary alicyclic amines) is 1. The molecule has 5 heteroatoms. The molecule has 1 aromatic heterocycles. The minimum absolute atomic E-state index is 0.0783. The summed E-state index contributed by atoms with van der Waals surface area (Å²) in [6.45, 7) is 5.96. The molecule has 2 rings (SSSR count). The second kappa shape index (κ2) is 8.29. The van der Waals surface area contributed by atoms with Gasteiger partial charge in [-0.1, -0.05) is 18.9 Å². The highest BCUT2D eigenvalue weighted by atomic mass is 79.9. The predicted molar refractivity (Wildman–Crippen MR) is 98.2 cm³/mol. The number of hydrogen-bond donors (Lipinski definition) is 1. The van der Waals surface area contributed by atoms with Crippen LogP contribution in [0.1, 0.15) is 49.9 Å². The Hall–Kier alpha value is -1.62. The topological polar surface area (TPSA) is 59.2 Å². The van der Waals surface area contributed by atoms with Gasteiger partial charge in [-0.05, 0) is 60.3 Å². The Bertz CT molecular complexity index is 629. The maximum absolute atomic E-state index is 12.7. The number of rotatable bonds is 4. The first-order valence-electron chi connectivity index (χ1n) is 8.08. The number of pyridine rings is 1. The minimum Gasteiger partial charge on any atom is -0.383 e. The van der Waals surface area contributed by atoms with Crippen LogP contribution in [0.4, 0.5) is 5.82 Å². The monoisotopic (exact) mass is 377 g/mol. The number of hydrogen-bond acceptors (Lipinski definition) is 4. The van der Waals surface area contributed by atoms with Crippen LogP contribution in [0.25, 0.3) is 0 Å². The third-order valence-corrected chi connectivity index (χ3v) is 4.55. The van der Waals surface area contributed by atoms with E-state index < -0.39 is 0 Å². The van der Waals surface area contributed by atoms with Crippen molar-refractivity contribution < 1.29 is 4.79 Å². The van der Waals surface area contributed by atoms with Crippen molar-refractivity contribution in [1.29, 1.82) is 0 Å². The zero-order valence-electron chi connectivity index (χ0n) is 13.8. The fourth-order valence-electron chi connectivity index (χ4n) is 2.82. The van der Waals surface area contributed by atoms with Crippen molar-refractivity contribution in [3.8, 4) is 0 Å². The van der Waals surface area contributed by atoms with Gasteiger partial charge in [-0.15, -0.1) is 0 Å². The van der Waals surface area contributed by atoms with E-state index in [1.54, 1.807) is 12.3 Å². The molecule has 2 heterocycles. The summed E-state index contributed by atoms with van der Waals surface area (Å²) in [5.41, 5.74) is 8.08. The number of anilines is 1. The smallest absolute Gasteiger partial charge is 0.192 e. The second-order valence-corrected chi connectivity index (χ2v) is 6.77. The molecule has 1 saturated heterocycles. The van der Waals surface area contributed by atoms with Gasteiger partial charge in [-0.25, -0.2) is 4.98 Å². The number of allylic oxidation sites excluding steroid dienone is 3. The lowest BCUT2D eigenvalue weighted by Crippen LogP contribution is -2.23. The van der Waals surface area contributed by atoms with Crippen molar-refractivity contribution in [3.05, 3.63) is 45.7 Å². The average Bonchev–Trinajstić information content (AvgIpc) is 2.83. The summed E-state index contributed by atoms with van der Waals surface area (Å²) in [5.74, 6) is 0.188. The summed E-state index contributed by atoms with van der Waals surface area (Å²) in [7, 11) is 0. The molecule has 0 spiro atoms. The molecule has 0 bridgehead atoms. The van der Waals surface area contributed by atoms with E-state index in [1.165, 1.54) is 25.7 Å². The number of nitrogens with two attached hydrogens (primary N) is 1. The molecular weight excluding hydrogens is 354 g/mol. The molecule has 2 N–H and O–H groups in total. The molecule has 0 aromatic carbocycles. The first-order valence-corrected chi connectivity index (χ1v) is 8.87. The number of carbonyl (C=O) groups is 1. The van der Waals surface area contributed by atoms with E-state index >= 15 is 0 Å². The SMILES string of the molecule is C/C=C(\C=C(/C)C(=O)c1cc(Br)cnc1N)N1CCCCCC1. The quantitative estimate of drug-likeness (QED) is 0.481. The van der Waals surface area contributed by atoms with E-state index in [1.807, 2.05) is 19.9 Å². The third-order valence-electron chi connectivity index (χ3n) is 4.12. The number of nitrogens with zero attached hydrogens (tertiary/aromatic N) is 2. The van der Waals surface area contributed by atoms with Crippen molar-refractivity contribution in [3.63, 3.8) is 0 Å². The lowest BCUT2D eigenvalue weighted by atomic mass is 10.0. The van der Waals surface area contributed by atoms with Gasteiger partial charge in [0.25, 0.3) is 0 Å². The van der Waals surface area contributed by atoms with E-state index in [2.05, 4.69) is 31.9 Å². The number of aromatic nitrogens is 1. The van der Waals surface area contributed by atoms with Gasteiger partial charge in [0.05, 0.1) is 5.56 Å². The molecule has 1 aliphatic heterocycles. The number of carbonyl (C=O) groups excluding carboxylic acids is 1. The van der Waals surface area contributed by atoms with E-state index in [0.29, 0.717) is 11.1 Å². The lowest BCUT2D eigenvalue weighted by molar-refractivity contribution is 0.103. The zero-order valence-corrected chi connectivity index (χ0v) is 15.4. The Morgan fingerprint density at radius 2 is 1.96 bits per heavy atom. The minimum atomic E-state index is -0.0783. The summed E-state index contributed by atoms with van der Waals surface area (Å²) in [6, 6.07) is 1.73. The number of ketones is 1. The van der Waals surface area contributed by atoms with Crippen molar-refractivity contribution in [2.75, 3.05) is 18.8 Å². The van der Waals surface area contributed by atoms with Crippen LogP contribution >= 0.6 is 15.9 Å². The summed E-state index contributed by atoms with van der Waals surface area (Å²) >= 11 is 3.34.